The van der Waals surface area contributed by atoms with Crippen molar-refractivity contribution in [3.8, 4) is 0 Å². The van der Waals surface area contributed by atoms with Gasteiger partial charge in [-0.3, -0.25) is 29.4 Å². The second-order valence-electron chi connectivity index (χ2n) is 16.1. The summed E-state index contributed by atoms with van der Waals surface area (Å²) >= 11 is 0. The lowest BCUT2D eigenvalue weighted by Crippen LogP contribution is -2.58. The van der Waals surface area contributed by atoms with E-state index >= 15 is 0 Å². The lowest BCUT2D eigenvalue weighted by Gasteiger charge is -2.40. The highest BCUT2D eigenvalue weighted by Crippen LogP contribution is 2.36. The van der Waals surface area contributed by atoms with Crippen LogP contribution >= 0.6 is 0 Å². The Labute approximate surface area is 335 Å². The molecule has 17 heteroatoms. The van der Waals surface area contributed by atoms with Gasteiger partial charge in [0.2, 0.25) is 11.9 Å². The van der Waals surface area contributed by atoms with Crippen LogP contribution in [-0.4, -0.2) is 135 Å². The molecule has 6 amide bonds. The van der Waals surface area contributed by atoms with Gasteiger partial charge in [-0.25, -0.2) is 19.8 Å². The number of pyridine rings is 1. The summed E-state index contributed by atoms with van der Waals surface area (Å²) in [6.45, 7) is 5.96. The minimum absolute atomic E-state index is 0.0187. The molecule has 0 radical (unpaired) electrons. The first-order chi connectivity index (χ1) is 28.1. The molecule has 3 aromatic heterocycles. The van der Waals surface area contributed by atoms with Gasteiger partial charge < -0.3 is 24.6 Å². The summed E-state index contributed by atoms with van der Waals surface area (Å²) in [5, 5.41) is 8.22. The third-order valence-electron chi connectivity index (χ3n) is 12.2. The lowest BCUT2D eigenvalue weighted by molar-refractivity contribution is -0.122. The van der Waals surface area contributed by atoms with E-state index in [1.807, 2.05) is 24.4 Å². The molecule has 0 atom stereocenters. The SMILES string of the molecule is CN(C)C(=O)c1cc2cnc(Nc3ccc(N4CCC(CN5CCN(c6cccc7c6C(=O)N(N6CCC(=O)NC6=O)C7=O)CC5)CC4)cn3)nc2n1C1CCCC1. The molecule has 58 heavy (non-hydrogen) atoms. The topological polar surface area (TPSA) is 172 Å². The zero-order valence-electron chi connectivity index (χ0n) is 32.9. The number of imide groups is 2. The summed E-state index contributed by atoms with van der Waals surface area (Å²) in [4.78, 5) is 86.9. The molecule has 0 spiro atoms. The fraction of sp³-hybridized carbons (Fsp3) is 0.463. The van der Waals surface area contributed by atoms with Gasteiger partial charge in [-0.2, -0.15) is 9.99 Å². The third kappa shape index (κ3) is 6.96. The van der Waals surface area contributed by atoms with Crippen molar-refractivity contribution in [2.24, 2.45) is 5.92 Å². The molecule has 1 aromatic carbocycles. The van der Waals surface area contributed by atoms with Crippen LogP contribution in [0, 0.1) is 5.92 Å². The van der Waals surface area contributed by atoms with Gasteiger partial charge >= 0.3 is 6.03 Å². The average molecular weight is 789 g/mol. The number of rotatable bonds is 9. The highest BCUT2D eigenvalue weighted by atomic mass is 16.2. The van der Waals surface area contributed by atoms with Crippen molar-refractivity contribution < 1.29 is 24.0 Å². The van der Waals surface area contributed by atoms with E-state index in [9.17, 15) is 24.0 Å². The number of benzene rings is 1. The Kier molecular flexibility index (Phi) is 9.91. The molecule has 3 saturated heterocycles. The Morgan fingerprint density at radius 1 is 0.862 bits per heavy atom. The molecule has 4 aliphatic heterocycles. The van der Waals surface area contributed by atoms with Crippen molar-refractivity contribution in [2.75, 3.05) is 81.6 Å². The summed E-state index contributed by atoms with van der Waals surface area (Å²) in [6.07, 6.45) is 10.2. The minimum atomic E-state index is -0.768. The Bertz CT molecular complexity index is 2270. The second-order valence-corrected chi connectivity index (χ2v) is 16.1. The van der Waals surface area contributed by atoms with Gasteiger partial charge in [0.15, 0.2) is 0 Å². The Morgan fingerprint density at radius 3 is 2.34 bits per heavy atom. The van der Waals surface area contributed by atoms with Crippen LogP contribution in [0.2, 0.25) is 0 Å². The van der Waals surface area contributed by atoms with E-state index in [0.29, 0.717) is 47.7 Å². The van der Waals surface area contributed by atoms with Crippen LogP contribution in [0.25, 0.3) is 11.0 Å². The molecule has 5 aliphatic rings. The van der Waals surface area contributed by atoms with Crippen molar-refractivity contribution >= 4 is 63.8 Å². The maximum Gasteiger partial charge on any atom is 0.343 e. The summed E-state index contributed by atoms with van der Waals surface area (Å²) in [5.41, 5.74) is 3.77. The van der Waals surface area contributed by atoms with Crippen molar-refractivity contribution in [1.82, 2.24) is 44.7 Å². The van der Waals surface area contributed by atoms with E-state index in [1.54, 1.807) is 37.3 Å². The monoisotopic (exact) mass is 788 g/mol. The Hall–Kier alpha value is -6.10. The molecule has 9 rings (SSSR count). The van der Waals surface area contributed by atoms with Crippen LogP contribution in [0.4, 0.5) is 27.9 Å². The van der Waals surface area contributed by atoms with Gasteiger partial charge in [0.25, 0.3) is 17.7 Å². The molecule has 1 saturated carbocycles. The Morgan fingerprint density at radius 2 is 1.64 bits per heavy atom. The van der Waals surface area contributed by atoms with Crippen LogP contribution in [0.1, 0.15) is 82.2 Å². The number of anilines is 4. The van der Waals surface area contributed by atoms with Crippen LogP contribution in [0.5, 0.6) is 0 Å². The second kappa shape index (κ2) is 15.3. The molecule has 302 valence electrons. The lowest BCUT2D eigenvalue weighted by atomic mass is 9.95. The number of hydrazine groups is 1. The van der Waals surface area contributed by atoms with Crippen molar-refractivity contribution in [1.29, 1.82) is 0 Å². The maximum absolute atomic E-state index is 13.6. The quantitative estimate of drug-likeness (QED) is 0.235. The number of carbonyl (C=O) groups excluding carboxylic acids is 5. The predicted octanol–water partition coefficient (Wildman–Crippen LogP) is 3.88. The zero-order valence-corrected chi connectivity index (χ0v) is 32.9. The molecule has 0 unspecified atom stereocenters. The normalized spacial score (nSPS) is 19.7. The van der Waals surface area contributed by atoms with Gasteiger partial charge in [0, 0.05) is 84.0 Å². The van der Waals surface area contributed by atoms with Gasteiger partial charge in [-0.15, -0.1) is 0 Å². The predicted molar refractivity (Wildman–Crippen MR) is 216 cm³/mol. The summed E-state index contributed by atoms with van der Waals surface area (Å²) < 4.78 is 2.11. The number of amides is 6. The third-order valence-corrected chi connectivity index (χ3v) is 12.2. The van der Waals surface area contributed by atoms with E-state index < -0.39 is 23.8 Å². The maximum atomic E-state index is 13.6. The van der Waals surface area contributed by atoms with Crippen LogP contribution in [0.3, 0.4) is 0 Å². The number of nitrogens with one attached hydrogen (secondary N) is 2. The van der Waals surface area contributed by atoms with Crippen LogP contribution in [-0.2, 0) is 4.79 Å². The van der Waals surface area contributed by atoms with E-state index in [4.69, 9.17) is 9.97 Å². The number of carbonyl (C=O) groups is 5. The van der Waals surface area contributed by atoms with Crippen molar-refractivity contribution in [3.63, 3.8) is 0 Å². The molecular weight excluding hydrogens is 741 g/mol. The standard InChI is InChI=1S/C41H48N12O5/c1-47(2)38(56)32-22-27-23-43-40(46-36(27)52(32)28-6-3-4-7-28)44-33-11-10-29(24-42-33)49-15-12-26(13-16-49)25-48-18-20-50(21-19-48)31-9-5-8-30-35(31)39(57)53(37(30)55)51-17-14-34(54)45-41(51)58/h5,8-11,22-24,26,28H,3-4,6-7,12-21,25H2,1-2H3,(H,45,54,58)(H,42,43,44,46). The first kappa shape index (κ1) is 37.5. The summed E-state index contributed by atoms with van der Waals surface area (Å²) in [5.74, 6) is 0.109. The molecule has 0 bridgehead atoms. The minimum Gasteiger partial charge on any atom is -0.370 e. The van der Waals surface area contributed by atoms with Gasteiger partial charge in [0.1, 0.15) is 17.2 Å². The van der Waals surface area contributed by atoms with E-state index in [0.717, 1.165) is 98.0 Å². The van der Waals surface area contributed by atoms with E-state index in [1.165, 1.54) is 0 Å². The number of piperidine rings is 1. The fourth-order valence-corrected chi connectivity index (χ4v) is 9.15. The van der Waals surface area contributed by atoms with Gasteiger partial charge in [-0.1, -0.05) is 18.9 Å². The molecule has 17 nitrogen and oxygen atoms in total. The van der Waals surface area contributed by atoms with E-state index in [2.05, 4.69) is 41.0 Å². The number of aromatic nitrogens is 4. The molecule has 4 fully saturated rings. The summed E-state index contributed by atoms with van der Waals surface area (Å²) in [7, 11) is 3.55. The number of piperazine rings is 1. The average Bonchev–Trinajstić information content (AvgIpc) is 3.95. The molecule has 2 N–H and O–H groups in total. The molecular formula is C41H48N12O5. The summed E-state index contributed by atoms with van der Waals surface area (Å²) in [6, 6.07) is 10.7. The van der Waals surface area contributed by atoms with Crippen molar-refractivity contribution in [3.05, 3.63) is 65.6 Å². The van der Waals surface area contributed by atoms with Gasteiger partial charge in [0.05, 0.1) is 35.2 Å². The molecule has 4 aromatic rings. The first-order valence-corrected chi connectivity index (χ1v) is 20.3. The van der Waals surface area contributed by atoms with Crippen molar-refractivity contribution in [2.45, 2.75) is 51.0 Å². The molecule has 1 aliphatic carbocycles. The molecule has 7 heterocycles. The first-order valence-electron chi connectivity index (χ1n) is 20.3. The highest BCUT2D eigenvalue weighted by molar-refractivity contribution is 6.24. The van der Waals surface area contributed by atoms with Crippen LogP contribution in [0.15, 0.2) is 48.8 Å². The Balaban J connectivity index is 0.777. The van der Waals surface area contributed by atoms with E-state index in [-0.39, 0.29) is 30.5 Å². The number of hydrogen-bond donors (Lipinski definition) is 2. The number of urea groups is 1. The highest BCUT2D eigenvalue weighted by Gasteiger charge is 2.45. The largest absolute Gasteiger partial charge is 0.370 e. The smallest absolute Gasteiger partial charge is 0.343 e. The number of nitrogens with zero attached hydrogens (tertiary/aromatic N) is 10. The zero-order chi connectivity index (χ0) is 40.1. The van der Waals surface area contributed by atoms with Crippen LogP contribution < -0.4 is 20.4 Å². The van der Waals surface area contributed by atoms with Gasteiger partial charge in [-0.05, 0) is 61.9 Å². The number of hydrogen-bond acceptors (Lipinski definition) is 12. The number of fused-ring (bicyclic) bond motifs is 2. The fourth-order valence-electron chi connectivity index (χ4n) is 9.15.